The van der Waals surface area contributed by atoms with Crippen LogP contribution in [-0.2, 0) is 0 Å². The van der Waals surface area contributed by atoms with Gasteiger partial charge in [0, 0.05) is 16.9 Å². The van der Waals surface area contributed by atoms with Crippen LogP contribution in [0.15, 0.2) is 85.1 Å². The summed E-state index contributed by atoms with van der Waals surface area (Å²) in [4.78, 5) is 0. The van der Waals surface area contributed by atoms with E-state index in [0.29, 0.717) is 11.2 Å². The van der Waals surface area contributed by atoms with Crippen LogP contribution in [-0.4, -0.2) is 11.0 Å². The second-order valence-electron chi connectivity index (χ2n) is 6.01. The fourth-order valence-electron chi connectivity index (χ4n) is 2.41. The van der Waals surface area contributed by atoms with E-state index in [9.17, 15) is 0 Å². The molecule has 0 amide bonds. The first-order chi connectivity index (χ1) is 10.4. The minimum absolute atomic E-state index is 0.273. The zero-order valence-corrected chi connectivity index (χ0v) is 14.9. The molecule has 0 aromatic rings. The molecule has 118 valence electrons. The monoisotopic (exact) mass is 312 g/mol. The topological polar surface area (TPSA) is 0 Å². The highest BCUT2D eigenvalue weighted by molar-refractivity contribution is 8.00. The zero-order chi connectivity index (χ0) is 16.5. The molecule has 0 N–H and O–H groups in total. The minimum Gasteiger partial charge on any atom is -0.150 e. The van der Waals surface area contributed by atoms with Crippen LogP contribution in [0.1, 0.15) is 20.8 Å². The molecule has 0 nitrogen and oxygen atoms in total. The fourth-order valence-corrected chi connectivity index (χ4v) is 3.19. The van der Waals surface area contributed by atoms with E-state index < -0.39 is 0 Å². The van der Waals surface area contributed by atoms with Crippen molar-refractivity contribution in [2.24, 2.45) is 11.8 Å². The average Bonchev–Trinajstić information content (AvgIpc) is 2.45. The van der Waals surface area contributed by atoms with Gasteiger partial charge in [-0.2, -0.15) is 0 Å². The molecular formula is C21H28S. The van der Waals surface area contributed by atoms with E-state index in [1.807, 2.05) is 23.9 Å². The number of thioether (sulfide) groups is 1. The number of rotatable bonds is 1. The van der Waals surface area contributed by atoms with Crippen molar-refractivity contribution in [1.29, 1.82) is 0 Å². The molecule has 1 heterocycles. The van der Waals surface area contributed by atoms with Gasteiger partial charge in [0.05, 0.1) is 0 Å². The first-order valence-corrected chi connectivity index (χ1v) is 8.83. The summed E-state index contributed by atoms with van der Waals surface area (Å²) in [6.45, 7) is 19.2. The summed E-state index contributed by atoms with van der Waals surface area (Å²) in [5.74, 6) is 1.69. The Labute approximate surface area is 140 Å². The van der Waals surface area contributed by atoms with Gasteiger partial charge in [0.25, 0.3) is 0 Å². The van der Waals surface area contributed by atoms with E-state index in [1.54, 1.807) is 0 Å². The van der Waals surface area contributed by atoms with Crippen molar-refractivity contribution in [3.05, 3.63) is 85.1 Å². The van der Waals surface area contributed by atoms with Gasteiger partial charge in [-0.15, -0.1) is 11.8 Å². The summed E-state index contributed by atoms with van der Waals surface area (Å²) in [5, 5.41) is 0.472. The van der Waals surface area contributed by atoms with Gasteiger partial charge in [-0.3, -0.25) is 0 Å². The number of hydrogen-bond donors (Lipinski definition) is 0. The molecule has 1 rings (SSSR count). The van der Waals surface area contributed by atoms with Crippen LogP contribution < -0.4 is 0 Å². The Morgan fingerprint density at radius 1 is 0.955 bits per heavy atom. The summed E-state index contributed by atoms with van der Waals surface area (Å²) >= 11 is 1.89. The van der Waals surface area contributed by atoms with Crippen molar-refractivity contribution in [2.45, 2.75) is 26.0 Å². The molecule has 0 aliphatic carbocycles. The predicted octanol–water partition coefficient (Wildman–Crippen LogP) is 6.29. The third-order valence-electron chi connectivity index (χ3n) is 3.55. The van der Waals surface area contributed by atoms with Gasteiger partial charge in [0.1, 0.15) is 0 Å². The molecule has 1 aliphatic rings. The van der Waals surface area contributed by atoms with E-state index in [4.69, 9.17) is 0 Å². The smallest absolute Gasteiger partial charge is 0.0205 e. The second-order valence-corrected chi connectivity index (χ2v) is 7.37. The van der Waals surface area contributed by atoms with Crippen LogP contribution in [0.5, 0.6) is 0 Å². The lowest BCUT2D eigenvalue weighted by Gasteiger charge is -2.22. The molecule has 0 saturated carbocycles. The Kier molecular flexibility index (Phi) is 8.05. The zero-order valence-electron chi connectivity index (χ0n) is 14.1. The molecule has 0 aromatic carbocycles. The highest BCUT2D eigenvalue weighted by Crippen LogP contribution is 2.28. The van der Waals surface area contributed by atoms with Crippen LogP contribution in [0, 0.1) is 11.8 Å². The summed E-state index contributed by atoms with van der Waals surface area (Å²) in [7, 11) is 0. The van der Waals surface area contributed by atoms with Gasteiger partial charge in [0.2, 0.25) is 0 Å². The normalized spacial score (nSPS) is 30.5. The van der Waals surface area contributed by atoms with Crippen molar-refractivity contribution in [2.75, 3.05) is 5.75 Å². The van der Waals surface area contributed by atoms with Crippen molar-refractivity contribution in [3.8, 4) is 0 Å². The Bertz CT molecular complexity index is 526. The molecule has 2 atom stereocenters. The summed E-state index contributed by atoms with van der Waals surface area (Å²) < 4.78 is 0. The summed E-state index contributed by atoms with van der Waals surface area (Å²) in [6.07, 6.45) is 16.8. The van der Waals surface area contributed by atoms with Gasteiger partial charge < -0.3 is 0 Å². The van der Waals surface area contributed by atoms with E-state index in [2.05, 4.69) is 77.0 Å². The first-order valence-electron chi connectivity index (χ1n) is 7.78. The van der Waals surface area contributed by atoms with E-state index >= 15 is 0 Å². The van der Waals surface area contributed by atoms with E-state index in [-0.39, 0.29) is 5.92 Å². The molecule has 2 unspecified atom stereocenters. The maximum Gasteiger partial charge on any atom is 0.0205 e. The molecule has 0 fully saturated rings. The Hall–Kier alpha value is -1.47. The van der Waals surface area contributed by atoms with Crippen molar-refractivity contribution in [3.63, 3.8) is 0 Å². The summed E-state index contributed by atoms with van der Waals surface area (Å²) in [5.41, 5.74) is 3.34. The third kappa shape index (κ3) is 6.53. The van der Waals surface area contributed by atoms with Crippen molar-refractivity contribution >= 4 is 11.8 Å². The molecule has 0 bridgehead atoms. The molecule has 0 spiro atoms. The Morgan fingerprint density at radius 2 is 1.50 bits per heavy atom. The first kappa shape index (κ1) is 18.6. The van der Waals surface area contributed by atoms with Gasteiger partial charge >= 0.3 is 0 Å². The van der Waals surface area contributed by atoms with Crippen LogP contribution in [0.25, 0.3) is 0 Å². The maximum atomic E-state index is 4.23. The molecule has 22 heavy (non-hydrogen) atoms. The Morgan fingerprint density at radius 3 is 2.09 bits per heavy atom. The predicted molar refractivity (Wildman–Crippen MR) is 104 cm³/mol. The minimum atomic E-state index is 0.273. The fraction of sp³-hybridized carbons (Fsp3) is 0.333. The van der Waals surface area contributed by atoms with Gasteiger partial charge in [0.15, 0.2) is 0 Å². The number of allylic oxidation sites excluding steroid dienone is 9. The van der Waals surface area contributed by atoms with E-state index in [0.717, 1.165) is 22.5 Å². The van der Waals surface area contributed by atoms with Crippen LogP contribution >= 0.6 is 11.8 Å². The summed E-state index contributed by atoms with van der Waals surface area (Å²) in [6, 6.07) is 0. The van der Waals surface area contributed by atoms with Gasteiger partial charge in [-0.05, 0) is 29.6 Å². The lowest BCUT2D eigenvalue weighted by molar-refractivity contribution is 0.520. The van der Waals surface area contributed by atoms with Crippen LogP contribution in [0.4, 0.5) is 0 Å². The van der Waals surface area contributed by atoms with Gasteiger partial charge in [-0.25, -0.2) is 0 Å². The second kappa shape index (κ2) is 9.53. The number of hydrogen-bond acceptors (Lipinski definition) is 1. The molecule has 0 saturated heterocycles. The third-order valence-corrected chi connectivity index (χ3v) is 4.77. The van der Waals surface area contributed by atoms with Crippen molar-refractivity contribution < 1.29 is 0 Å². The lowest BCUT2D eigenvalue weighted by Crippen LogP contribution is -2.11. The molecular weight excluding hydrogens is 284 g/mol. The van der Waals surface area contributed by atoms with Crippen LogP contribution in [0.2, 0.25) is 0 Å². The molecule has 0 aromatic heterocycles. The molecule has 0 radical (unpaired) electrons. The maximum absolute atomic E-state index is 4.23. The standard InChI is InChI=1S/C21H28S/c1-16(2)21-18(4)12-8-7-11-17(3)15-22-20(6)14-10-9-13-19(21)5/h7-14,16,20-21H,3-5,15H2,1-2,6H3/b11-7-,12-8-,13-9-,14-10-. The SMILES string of the molecule is C=C1/C=C\C=C/C(=C)C(C(C)C)C(=C)/C=C\C=C/C(C)SC1. The lowest BCUT2D eigenvalue weighted by atomic mass is 9.83. The quantitative estimate of drug-likeness (QED) is 0.548. The highest BCUT2D eigenvalue weighted by atomic mass is 32.2. The van der Waals surface area contributed by atoms with Gasteiger partial charge in [-0.1, -0.05) is 82.2 Å². The highest BCUT2D eigenvalue weighted by Gasteiger charge is 2.16. The van der Waals surface area contributed by atoms with Crippen LogP contribution in [0.3, 0.4) is 0 Å². The molecule has 1 aliphatic heterocycles. The average molecular weight is 313 g/mol. The Balaban J connectivity index is 3.03. The molecule has 1 heteroatoms. The van der Waals surface area contributed by atoms with Crippen molar-refractivity contribution in [1.82, 2.24) is 0 Å². The van der Waals surface area contributed by atoms with E-state index in [1.165, 1.54) is 0 Å². The largest absolute Gasteiger partial charge is 0.150 e.